The minimum atomic E-state index is 0.251. The van der Waals surface area contributed by atoms with Crippen LogP contribution in [0.2, 0.25) is 5.02 Å². The molecule has 2 atom stereocenters. The average Bonchev–Trinajstić information content (AvgIpc) is 2.39. The fourth-order valence-electron chi connectivity index (χ4n) is 2.16. The van der Waals surface area contributed by atoms with E-state index in [1.165, 1.54) is 11.1 Å². The summed E-state index contributed by atoms with van der Waals surface area (Å²) >= 11 is 9.63. The van der Waals surface area contributed by atoms with E-state index >= 15 is 0 Å². The maximum atomic E-state index is 6.03. The normalized spacial score (nSPS) is 14.1. The van der Waals surface area contributed by atoms with Crippen LogP contribution in [-0.2, 0) is 0 Å². The minimum absolute atomic E-state index is 0.251. The summed E-state index contributed by atoms with van der Waals surface area (Å²) in [6.07, 6.45) is 0. The van der Waals surface area contributed by atoms with Crippen molar-refractivity contribution in [1.82, 2.24) is 5.32 Å². The number of hydrogen-bond acceptors (Lipinski definition) is 1. The first-order valence-corrected chi connectivity index (χ1v) is 7.51. The van der Waals surface area contributed by atoms with E-state index in [4.69, 9.17) is 11.6 Å². The van der Waals surface area contributed by atoms with Crippen molar-refractivity contribution in [3.63, 3.8) is 0 Å². The molecular formula is C16H17BrClN. The molecule has 0 heterocycles. The van der Waals surface area contributed by atoms with Crippen LogP contribution in [0, 0.1) is 0 Å². The molecule has 0 amide bonds. The van der Waals surface area contributed by atoms with Crippen LogP contribution >= 0.6 is 27.5 Å². The molecule has 2 aromatic carbocycles. The van der Waals surface area contributed by atoms with Gasteiger partial charge in [-0.1, -0.05) is 57.9 Å². The summed E-state index contributed by atoms with van der Waals surface area (Å²) in [5.74, 6) is 0. The largest absolute Gasteiger partial charge is 0.304 e. The molecule has 0 saturated heterocycles. The van der Waals surface area contributed by atoms with Gasteiger partial charge in [-0.3, -0.25) is 0 Å². The van der Waals surface area contributed by atoms with Crippen LogP contribution < -0.4 is 5.32 Å². The fraction of sp³-hybridized carbons (Fsp3) is 0.250. The van der Waals surface area contributed by atoms with Crippen molar-refractivity contribution in [3.8, 4) is 0 Å². The lowest BCUT2D eigenvalue weighted by atomic mass is 10.0. The van der Waals surface area contributed by atoms with Gasteiger partial charge in [-0.15, -0.1) is 0 Å². The molecule has 0 aliphatic carbocycles. The topological polar surface area (TPSA) is 12.0 Å². The van der Waals surface area contributed by atoms with Gasteiger partial charge in [-0.25, -0.2) is 0 Å². The van der Waals surface area contributed by atoms with Gasteiger partial charge in [-0.2, -0.15) is 0 Å². The van der Waals surface area contributed by atoms with Crippen molar-refractivity contribution in [3.05, 3.63) is 69.2 Å². The molecule has 0 saturated carbocycles. The van der Waals surface area contributed by atoms with Gasteiger partial charge in [0.1, 0.15) is 0 Å². The van der Waals surface area contributed by atoms with E-state index in [2.05, 4.69) is 59.4 Å². The standard InChI is InChI=1S/C16H17BrClN/c1-11(13-6-5-7-14(18)10-13)19-12(2)15-8-3-4-9-16(15)17/h3-12,19H,1-2H3/t11?,12-/m0/s1. The molecule has 0 aliphatic heterocycles. The summed E-state index contributed by atoms with van der Waals surface area (Å²) in [5.41, 5.74) is 2.46. The van der Waals surface area contributed by atoms with E-state index in [-0.39, 0.29) is 12.1 Å². The van der Waals surface area contributed by atoms with Gasteiger partial charge in [0.25, 0.3) is 0 Å². The van der Waals surface area contributed by atoms with Crippen molar-refractivity contribution >= 4 is 27.5 Å². The lowest BCUT2D eigenvalue weighted by molar-refractivity contribution is 0.493. The Morgan fingerprint density at radius 3 is 2.42 bits per heavy atom. The second kappa shape index (κ2) is 6.56. The molecule has 100 valence electrons. The van der Waals surface area contributed by atoms with E-state index in [1.54, 1.807) is 0 Å². The third kappa shape index (κ3) is 3.82. The Morgan fingerprint density at radius 1 is 1.00 bits per heavy atom. The predicted octanol–water partition coefficient (Wildman–Crippen LogP) is 5.51. The molecule has 3 heteroatoms. The zero-order valence-electron chi connectivity index (χ0n) is 11.0. The maximum Gasteiger partial charge on any atom is 0.0409 e. The van der Waals surface area contributed by atoms with Gasteiger partial charge in [0.15, 0.2) is 0 Å². The molecule has 1 unspecified atom stereocenters. The molecule has 19 heavy (non-hydrogen) atoms. The van der Waals surface area contributed by atoms with Gasteiger partial charge >= 0.3 is 0 Å². The Hall–Kier alpha value is -0.830. The Morgan fingerprint density at radius 2 is 1.74 bits per heavy atom. The van der Waals surface area contributed by atoms with Crippen LogP contribution in [-0.4, -0.2) is 0 Å². The quantitative estimate of drug-likeness (QED) is 0.774. The zero-order valence-corrected chi connectivity index (χ0v) is 13.4. The van der Waals surface area contributed by atoms with Crippen LogP contribution in [0.5, 0.6) is 0 Å². The number of halogens is 2. The first-order chi connectivity index (χ1) is 9.08. The van der Waals surface area contributed by atoms with E-state index in [9.17, 15) is 0 Å². The molecule has 0 bridgehead atoms. The molecule has 0 aromatic heterocycles. The van der Waals surface area contributed by atoms with Crippen LogP contribution in [0.25, 0.3) is 0 Å². The van der Waals surface area contributed by atoms with E-state index in [1.807, 2.05) is 24.3 Å². The van der Waals surface area contributed by atoms with Crippen LogP contribution in [0.4, 0.5) is 0 Å². The first kappa shape index (κ1) is 14.6. The van der Waals surface area contributed by atoms with E-state index < -0.39 is 0 Å². The van der Waals surface area contributed by atoms with Crippen molar-refractivity contribution in [2.24, 2.45) is 0 Å². The Kier molecular flexibility index (Phi) is 5.03. The van der Waals surface area contributed by atoms with Gasteiger partial charge < -0.3 is 5.32 Å². The third-order valence-corrected chi connectivity index (χ3v) is 4.18. The highest BCUT2D eigenvalue weighted by Crippen LogP contribution is 2.26. The zero-order chi connectivity index (χ0) is 13.8. The summed E-state index contributed by atoms with van der Waals surface area (Å²) < 4.78 is 1.13. The van der Waals surface area contributed by atoms with Gasteiger partial charge in [0, 0.05) is 21.6 Å². The maximum absolute atomic E-state index is 6.03. The molecule has 1 N–H and O–H groups in total. The van der Waals surface area contributed by atoms with Crippen molar-refractivity contribution < 1.29 is 0 Å². The number of nitrogens with one attached hydrogen (secondary N) is 1. The lowest BCUT2D eigenvalue weighted by Gasteiger charge is -2.21. The second-order valence-electron chi connectivity index (χ2n) is 4.69. The fourth-order valence-corrected chi connectivity index (χ4v) is 2.99. The molecule has 0 radical (unpaired) electrons. The van der Waals surface area contributed by atoms with Crippen molar-refractivity contribution in [1.29, 1.82) is 0 Å². The molecule has 0 spiro atoms. The molecule has 1 nitrogen and oxygen atoms in total. The second-order valence-corrected chi connectivity index (χ2v) is 5.98. The molecule has 0 fully saturated rings. The number of benzene rings is 2. The SMILES string of the molecule is CC(N[C@@H](C)c1ccccc1Br)c1cccc(Cl)c1. The minimum Gasteiger partial charge on any atom is -0.304 e. The highest BCUT2D eigenvalue weighted by atomic mass is 79.9. The average molecular weight is 339 g/mol. The highest BCUT2D eigenvalue weighted by molar-refractivity contribution is 9.10. The smallest absolute Gasteiger partial charge is 0.0409 e. The van der Waals surface area contributed by atoms with E-state index in [0.29, 0.717) is 0 Å². The predicted molar refractivity (Wildman–Crippen MR) is 85.6 cm³/mol. The molecule has 2 rings (SSSR count). The monoisotopic (exact) mass is 337 g/mol. The third-order valence-electron chi connectivity index (χ3n) is 3.22. The summed E-state index contributed by atoms with van der Waals surface area (Å²) in [6, 6.07) is 16.8. The van der Waals surface area contributed by atoms with Gasteiger partial charge in [-0.05, 0) is 43.2 Å². The molecule has 2 aromatic rings. The van der Waals surface area contributed by atoms with Gasteiger partial charge in [0.05, 0.1) is 0 Å². The van der Waals surface area contributed by atoms with Crippen LogP contribution in [0.3, 0.4) is 0 Å². The summed E-state index contributed by atoms with van der Waals surface area (Å²) in [7, 11) is 0. The van der Waals surface area contributed by atoms with Crippen LogP contribution in [0.15, 0.2) is 53.0 Å². The summed E-state index contributed by atoms with van der Waals surface area (Å²) in [5, 5.41) is 4.37. The van der Waals surface area contributed by atoms with Crippen LogP contribution in [0.1, 0.15) is 37.1 Å². The first-order valence-electron chi connectivity index (χ1n) is 6.34. The van der Waals surface area contributed by atoms with Crippen molar-refractivity contribution in [2.45, 2.75) is 25.9 Å². The van der Waals surface area contributed by atoms with E-state index in [0.717, 1.165) is 9.50 Å². The number of hydrogen-bond donors (Lipinski definition) is 1. The van der Waals surface area contributed by atoms with Crippen molar-refractivity contribution in [2.75, 3.05) is 0 Å². The summed E-state index contributed by atoms with van der Waals surface area (Å²) in [6.45, 7) is 4.32. The Bertz CT molecular complexity index is 556. The number of rotatable bonds is 4. The van der Waals surface area contributed by atoms with Gasteiger partial charge in [0.2, 0.25) is 0 Å². The molecule has 0 aliphatic rings. The molecular weight excluding hydrogens is 322 g/mol. The Balaban J connectivity index is 2.11. The Labute approximate surface area is 128 Å². The summed E-state index contributed by atoms with van der Waals surface area (Å²) in [4.78, 5) is 0. The lowest BCUT2D eigenvalue weighted by Crippen LogP contribution is -2.22. The highest BCUT2D eigenvalue weighted by Gasteiger charge is 2.13.